The van der Waals surface area contributed by atoms with Crippen LogP contribution in [0.4, 0.5) is 0 Å². The minimum Gasteiger partial charge on any atom is -0.323 e. The molecule has 0 aliphatic rings. The van der Waals surface area contributed by atoms with Crippen LogP contribution in [-0.4, -0.2) is 4.98 Å². The largest absolute Gasteiger partial charge is 0.323 e. The fourth-order valence-electron chi connectivity index (χ4n) is 1.51. The van der Waals surface area contributed by atoms with E-state index in [1.54, 1.807) is 11.3 Å². The average molecular weight is 297 g/mol. The van der Waals surface area contributed by atoms with Gasteiger partial charge in [-0.25, -0.2) is 0 Å². The molecule has 2 aromatic heterocycles. The van der Waals surface area contributed by atoms with E-state index in [-0.39, 0.29) is 6.04 Å². The van der Waals surface area contributed by atoms with Crippen molar-refractivity contribution in [1.29, 1.82) is 0 Å². The molecule has 0 fully saturated rings. The average Bonchev–Trinajstić information content (AvgIpc) is 2.68. The van der Waals surface area contributed by atoms with Gasteiger partial charge in [-0.15, -0.1) is 11.3 Å². The van der Waals surface area contributed by atoms with Crippen molar-refractivity contribution in [2.45, 2.75) is 19.4 Å². The second-order valence-corrected chi connectivity index (χ2v) is 5.96. The van der Waals surface area contributed by atoms with Crippen LogP contribution < -0.4 is 5.73 Å². The fourth-order valence-corrected chi connectivity index (χ4v) is 2.62. The number of rotatable bonds is 3. The fraction of sp³-hybridized carbons (Fsp3) is 0.250. The molecule has 2 N–H and O–H groups in total. The first-order valence-electron chi connectivity index (χ1n) is 5.07. The van der Waals surface area contributed by atoms with Crippen LogP contribution in [0.25, 0.3) is 0 Å². The Morgan fingerprint density at radius 3 is 2.75 bits per heavy atom. The third-order valence-corrected chi connectivity index (χ3v) is 3.95. The molecule has 0 bridgehead atoms. The molecule has 2 heterocycles. The van der Waals surface area contributed by atoms with Crippen molar-refractivity contribution >= 4 is 27.3 Å². The van der Waals surface area contributed by atoms with Gasteiger partial charge in [0.2, 0.25) is 0 Å². The maximum Gasteiger partial charge on any atom is 0.0445 e. The van der Waals surface area contributed by atoms with Gasteiger partial charge in [-0.05, 0) is 47.1 Å². The summed E-state index contributed by atoms with van der Waals surface area (Å²) < 4.78 is 0.997. The molecule has 2 rings (SSSR count). The molecule has 0 radical (unpaired) electrons. The summed E-state index contributed by atoms with van der Waals surface area (Å²) in [5, 5.41) is 0. The number of aromatic nitrogens is 1. The second kappa shape index (κ2) is 5.08. The molecule has 0 aliphatic carbocycles. The molecule has 1 unspecified atom stereocenters. The summed E-state index contributed by atoms with van der Waals surface area (Å²) in [6.45, 7) is 2.10. The SMILES string of the molecule is Cc1ccc(C(N)Cc2ccc(Br)cn2)s1. The Balaban J connectivity index is 2.07. The molecular formula is C12H13BrN2S. The van der Waals surface area contributed by atoms with E-state index in [4.69, 9.17) is 5.73 Å². The summed E-state index contributed by atoms with van der Waals surface area (Å²) in [6, 6.07) is 8.25. The first-order valence-corrected chi connectivity index (χ1v) is 6.68. The molecule has 0 aliphatic heterocycles. The van der Waals surface area contributed by atoms with Crippen molar-refractivity contribution < 1.29 is 0 Å². The molecule has 0 saturated heterocycles. The summed E-state index contributed by atoms with van der Waals surface area (Å²) in [5.41, 5.74) is 7.17. The van der Waals surface area contributed by atoms with Gasteiger partial charge in [0.25, 0.3) is 0 Å². The van der Waals surface area contributed by atoms with Crippen LogP contribution in [-0.2, 0) is 6.42 Å². The number of pyridine rings is 1. The minimum absolute atomic E-state index is 0.0485. The molecule has 16 heavy (non-hydrogen) atoms. The van der Waals surface area contributed by atoms with Crippen molar-refractivity contribution in [2.24, 2.45) is 5.73 Å². The van der Waals surface area contributed by atoms with E-state index >= 15 is 0 Å². The standard InChI is InChI=1S/C12H13BrN2S/c1-8-2-5-12(16-8)11(14)6-10-4-3-9(13)7-15-10/h2-5,7,11H,6,14H2,1H3. The Bertz CT molecular complexity index is 464. The van der Waals surface area contributed by atoms with Crippen LogP contribution in [0.5, 0.6) is 0 Å². The maximum absolute atomic E-state index is 6.14. The third-order valence-electron chi connectivity index (χ3n) is 2.34. The Hall–Kier alpha value is -0.710. The first kappa shape index (κ1) is 11.8. The molecule has 4 heteroatoms. The Kier molecular flexibility index (Phi) is 3.74. The zero-order valence-electron chi connectivity index (χ0n) is 8.98. The van der Waals surface area contributed by atoms with Gasteiger partial charge in [0, 0.05) is 38.6 Å². The molecule has 0 saturated carbocycles. The van der Waals surface area contributed by atoms with Gasteiger partial charge < -0.3 is 5.73 Å². The van der Waals surface area contributed by atoms with Crippen molar-refractivity contribution in [3.63, 3.8) is 0 Å². The maximum atomic E-state index is 6.14. The van der Waals surface area contributed by atoms with Crippen LogP contribution in [0.15, 0.2) is 34.9 Å². The molecule has 0 spiro atoms. The molecule has 1 atom stereocenters. The highest BCUT2D eigenvalue weighted by molar-refractivity contribution is 9.10. The number of thiophene rings is 1. The molecule has 0 aromatic carbocycles. The summed E-state index contributed by atoms with van der Waals surface area (Å²) in [4.78, 5) is 6.85. The smallest absolute Gasteiger partial charge is 0.0445 e. The van der Waals surface area contributed by atoms with Gasteiger partial charge in [-0.2, -0.15) is 0 Å². The summed E-state index contributed by atoms with van der Waals surface area (Å²) in [7, 11) is 0. The number of halogens is 1. The lowest BCUT2D eigenvalue weighted by molar-refractivity contribution is 0.720. The summed E-state index contributed by atoms with van der Waals surface area (Å²) in [5.74, 6) is 0. The van der Waals surface area contributed by atoms with E-state index in [1.165, 1.54) is 9.75 Å². The van der Waals surface area contributed by atoms with Gasteiger partial charge in [0.1, 0.15) is 0 Å². The predicted molar refractivity (Wildman–Crippen MR) is 71.6 cm³/mol. The van der Waals surface area contributed by atoms with Crippen LogP contribution in [0, 0.1) is 6.92 Å². The highest BCUT2D eigenvalue weighted by atomic mass is 79.9. The van der Waals surface area contributed by atoms with E-state index < -0.39 is 0 Å². The number of nitrogens with two attached hydrogens (primary N) is 1. The predicted octanol–water partition coefficient (Wildman–Crippen LogP) is 3.46. The summed E-state index contributed by atoms with van der Waals surface area (Å²) in [6.07, 6.45) is 2.59. The topological polar surface area (TPSA) is 38.9 Å². The van der Waals surface area contributed by atoms with Crippen molar-refractivity contribution in [1.82, 2.24) is 4.98 Å². The van der Waals surface area contributed by atoms with Crippen molar-refractivity contribution in [3.8, 4) is 0 Å². The molecule has 2 nitrogen and oxygen atoms in total. The second-order valence-electron chi connectivity index (χ2n) is 3.73. The zero-order chi connectivity index (χ0) is 11.5. The van der Waals surface area contributed by atoms with Crippen LogP contribution >= 0.6 is 27.3 Å². The molecule has 2 aromatic rings. The lowest BCUT2D eigenvalue weighted by Crippen LogP contribution is -2.12. The highest BCUT2D eigenvalue weighted by Crippen LogP contribution is 2.23. The Morgan fingerprint density at radius 1 is 1.38 bits per heavy atom. The number of nitrogens with zero attached hydrogens (tertiary/aromatic N) is 1. The Morgan fingerprint density at radius 2 is 2.19 bits per heavy atom. The first-order chi connectivity index (χ1) is 7.65. The van der Waals surface area contributed by atoms with Gasteiger partial charge in [0.05, 0.1) is 0 Å². The highest BCUT2D eigenvalue weighted by Gasteiger charge is 2.09. The van der Waals surface area contributed by atoms with E-state index in [0.717, 1.165) is 16.6 Å². The number of hydrogen-bond acceptors (Lipinski definition) is 3. The van der Waals surface area contributed by atoms with Gasteiger partial charge in [-0.1, -0.05) is 0 Å². The molecule has 0 amide bonds. The number of aryl methyl sites for hydroxylation is 1. The lowest BCUT2D eigenvalue weighted by Gasteiger charge is -2.08. The summed E-state index contributed by atoms with van der Waals surface area (Å²) >= 11 is 5.12. The van der Waals surface area contributed by atoms with E-state index in [0.29, 0.717) is 0 Å². The molecule has 84 valence electrons. The van der Waals surface area contributed by atoms with Gasteiger partial charge in [-0.3, -0.25) is 4.98 Å². The van der Waals surface area contributed by atoms with E-state index in [9.17, 15) is 0 Å². The third kappa shape index (κ3) is 2.90. The molecular weight excluding hydrogens is 284 g/mol. The van der Waals surface area contributed by atoms with Crippen LogP contribution in [0.1, 0.15) is 21.5 Å². The van der Waals surface area contributed by atoms with E-state index in [1.807, 2.05) is 18.3 Å². The zero-order valence-corrected chi connectivity index (χ0v) is 11.4. The van der Waals surface area contributed by atoms with E-state index in [2.05, 4.69) is 40.0 Å². The normalized spacial score (nSPS) is 12.7. The lowest BCUT2D eigenvalue weighted by atomic mass is 10.1. The monoisotopic (exact) mass is 296 g/mol. The minimum atomic E-state index is 0.0485. The van der Waals surface area contributed by atoms with Gasteiger partial charge >= 0.3 is 0 Å². The van der Waals surface area contributed by atoms with Crippen LogP contribution in [0.2, 0.25) is 0 Å². The van der Waals surface area contributed by atoms with Crippen molar-refractivity contribution in [2.75, 3.05) is 0 Å². The van der Waals surface area contributed by atoms with Crippen LogP contribution in [0.3, 0.4) is 0 Å². The quantitative estimate of drug-likeness (QED) is 0.942. The number of hydrogen-bond donors (Lipinski definition) is 1. The van der Waals surface area contributed by atoms with Gasteiger partial charge in [0.15, 0.2) is 0 Å². The Labute approximate surface area is 108 Å². The van der Waals surface area contributed by atoms with Crippen molar-refractivity contribution in [3.05, 3.63) is 50.4 Å².